The molecule has 0 radical (unpaired) electrons. The number of imidazole rings is 1. The van der Waals surface area contributed by atoms with Crippen molar-refractivity contribution in [3.63, 3.8) is 0 Å². The third kappa shape index (κ3) is 4.36. The van der Waals surface area contributed by atoms with E-state index in [1.54, 1.807) is 6.92 Å². The van der Waals surface area contributed by atoms with Crippen LogP contribution in [0.2, 0.25) is 0 Å². The van der Waals surface area contributed by atoms with Gasteiger partial charge in [0.05, 0.1) is 0 Å². The van der Waals surface area contributed by atoms with Gasteiger partial charge in [0.2, 0.25) is 0 Å². The molecule has 0 aliphatic rings. The molecule has 11 heteroatoms. The number of benzene rings is 2. The minimum absolute atomic E-state index is 0.0435. The normalized spacial score (nSPS) is 11.6. The molecular weight excluding hydrogens is 429 g/mol. The second kappa shape index (κ2) is 8.25. The third-order valence-electron chi connectivity index (χ3n) is 4.67. The summed E-state index contributed by atoms with van der Waals surface area (Å²) in [5.41, 5.74) is 0.0186. The van der Waals surface area contributed by atoms with Gasteiger partial charge in [0.15, 0.2) is 0 Å². The number of halogens is 3. The number of hydrogen-bond donors (Lipinski definition) is 2. The Labute approximate surface area is 178 Å². The molecule has 0 aliphatic heterocycles. The van der Waals surface area contributed by atoms with Crippen molar-refractivity contribution in [3.8, 4) is 17.5 Å². The van der Waals surface area contributed by atoms with E-state index in [9.17, 15) is 22.8 Å². The van der Waals surface area contributed by atoms with Gasteiger partial charge in [-0.2, -0.15) is 9.55 Å². The maximum absolute atomic E-state index is 12.6. The number of aryl methyl sites for hydroxylation is 1. The molecule has 0 amide bonds. The van der Waals surface area contributed by atoms with E-state index in [1.807, 2.05) is 30.3 Å². The highest BCUT2D eigenvalue weighted by Crippen LogP contribution is 2.28. The van der Waals surface area contributed by atoms with Gasteiger partial charge in [-0.15, -0.1) is 13.2 Å². The topological polar surface area (TPSA) is 93.0 Å². The molecule has 0 spiro atoms. The van der Waals surface area contributed by atoms with E-state index in [0.717, 1.165) is 17.7 Å². The summed E-state index contributed by atoms with van der Waals surface area (Å²) in [4.78, 5) is 30.1. The number of H-pyrrole nitrogens is 2. The van der Waals surface area contributed by atoms with Gasteiger partial charge in [-0.05, 0) is 24.6 Å². The molecule has 32 heavy (non-hydrogen) atoms. The minimum Gasteiger partial charge on any atom is -0.406 e. The number of nitrogens with one attached hydrogen (secondary N) is 2. The lowest BCUT2D eigenvalue weighted by molar-refractivity contribution is -0.667. The molecule has 2 N–H and O–H groups in total. The summed E-state index contributed by atoms with van der Waals surface area (Å²) in [7, 11) is 0. The predicted molar refractivity (Wildman–Crippen MR) is 108 cm³/mol. The summed E-state index contributed by atoms with van der Waals surface area (Å²) >= 11 is 0. The Bertz CT molecular complexity index is 1370. The number of rotatable bonds is 6. The molecule has 4 rings (SSSR count). The Kier molecular flexibility index (Phi) is 5.47. The Morgan fingerprint density at radius 3 is 2.41 bits per heavy atom. The molecule has 2 aromatic heterocycles. The van der Waals surface area contributed by atoms with Crippen molar-refractivity contribution >= 4 is 11.2 Å². The maximum Gasteiger partial charge on any atom is 0.573 e. The molecule has 0 unspecified atom stereocenters. The zero-order valence-electron chi connectivity index (χ0n) is 16.8. The molecule has 2 aromatic carbocycles. The van der Waals surface area contributed by atoms with Crippen LogP contribution in [0, 0.1) is 0 Å². The smallest absolute Gasteiger partial charge is 0.406 e. The molecule has 0 bridgehead atoms. The Balaban J connectivity index is 1.84. The molecular formula is C21H18F3N4O4+. The summed E-state index contributed by atoms with van der Waals surface area (Å²) in [5, 5.41) is 0. The van der Waals surface area contributed by atoms with Crippen LogP contribution in [0.5, 0.6) is 17.5 Å². The van der Waals surface area contributed by atoms with Crippen LogP contribution in [0.3, 0.4) is 0 Å². The van der Waals surface area contributed by atoms with Crippen LogP contribution in [0.15, 0.2) is 64.2 Å². The van der Waals surface area contributed by atoms with Gasteiger partial charge in [0, 0.05) is 12.6 Å². The standard InChI is InChI=1S/C21H17F3N4O4/c1-2-27-17-16(18(29)26-19(27)30)28(12-13-7-4-3-5-8-13)20(25-17)31-14-9-6-10-15(11-14)32-21(22,23)24/h3-11H,2,12H2,1H3,(H,26,29,30)/p+1. The molecule has 0 atom stereocenters. The number of aromatic amines is 2. The maximum atomic E-state index is 12.6. The number of nitrogens with zero attached hydrogens (tertiary/aromatic N) is 2. The Morgan fingerprint density at radius 1 is 1.00 bits per heavy atom. The monoisotopic (exact) mass is 447 g/mol. The van der Waals surface area contributed by atoms with Crippen molar-refractivity contribution in [1.29, 1.82) is 0 Å². The van der Waals surface area contributed by atoms with Crippen LogP contribution < -0.4 is 25.3 Å². The van der Waals surface area contributed by atoms with Gasteiger partial charge >= 0.3 is 23.6 Å². The lowest BCUT2D eigenvalue weighted by atomic mass is 10.2. The lowest BCUT2D eigenvalue weighted by Crippen LogP contribution is -2.41. The highest BCUT2D eigenvalue weighted by molar-refractivity contribution is 5.66. The van der Waals surface area contributed by atoms with Crippen molar-refractivity contribution in [2.24, 2.45) is 0 Å². The van der Waals surface area contributed by atoms with Crippen LogP contribution in [-0.4, -0.2) is 20.9 Å². The summed E-state index contributed by atoms with van der Waals surface area (Å²) < 4.78 is 50.3. The van der Waals surface area contributed by atoms with Crippen molar-refractivity contribution in [2.75, 3.05) is 0 Å². The van der Waals surface area contributed by atoms with Gasteiger partial charge in [-0.3, -0.25) is 14.3 Å². The van der Waals surface area contributed by atoms with E-state index in [2.05, 4.69) is 14.7 Å². The fraction of sp³-hybridized carbons (Fsp3) is 0.190. The second-order valence-corrected chi connectivity index (χ2v) is 6.83. The molecule has 0 aliphatic carbocycles. The SMILES string of the molecule is CCn1c(=O)[nH]c(=O)c2c1[nH]c(Oc1cccc(OC(F)(F)F)c1)[n+]2Cc1ccccc1. The van der Waals surface area contributed by atoms with E-state index < -0.39 is 23.4 Å². The van der Waals surface area contributed by atoms with Gasteiger partial charge in [-0.1, -0.05) is 36.4 Å². The van der Waals surface area contributed by atoms with Crippen molar-refractivity contribution in [2.45, 2.75) is 26.4 Å². The van der Waals surface area contributed by atoms with E-state index in [-0.39, 0.29) is 36.0 Å². The molecule has 4 aromatic rings. The van der Waals surface area contributed by atoms with Gasteiger partial charge < -0.3 is 9.47 Å². The first-order chi connectivity index (χ1) is 15.2. The first kappa shape index (κ1) is 21.2. The van der Waals surface area contributed by atoms with E-state index in [0.29, 0.717) is 0 Å². The molecule has 0 saturated heterocycles. The molecule has 2 heterocycles. The zero-order chi connectivity index (χ0) is 22.9. The number of fused-ring (bicyclic) bond motifs is 1. The van der Waals surface area contributed by atoms with Crippen LogP contribution in [0.25, 0.3) is 11.2 Å². The summed E-state index contributed by atoms with van der Waals surface area (Å²) in [6, 6.07) is 14.3. The van der Waals surface area contributed by atoms with Gasteiger partial charge in [0.25, 0.3) is 11.2 Å². The largest absolute Gasteiger partial charge is 0.573 e. The number of aromatic nitrogens is 4. The molecule has 0 saturated carbocycles. The minimum atomic E-state index is -4.85. The zero-order valence-corrected chi connectivity index (χ0v) is 16.8. The molecule has 166 valence electrons. The Hall–Kier alpha value is -4.02. The van der Waals surface area contributed by atoms with Gasteiger partial charge in [0.1, 0.15) is 18.0 Å². The highest BCUT2D eigenvalue weighted by atomic mass is 19.4. The highest BCUT2D eigenvalue weighted by Gasteiger charge is 2.31. The third-order valence-corrected chi connectivity index (χ3v) is 4.67. The average molecular weight is 447 g/mol. The van der Waals surface area contributed by atoms with Gasteiger partial charge in [-0.25, -0.2) is 4.79 Å². The van der Waals surface area contributed by atoms with Crippen LogP contribution in [0.4, 0.5) is 13.2 Å². The fourth-order valence-electron chi connectivity index (χ4n) is 3.35. The van der Waals surface area contributed by atoms with Crippen LogP contribution in [0.1, 0.15) is 12.5 Å². The van der Waals surface area contributed by atoms with E-state index in [4.69, 9.17) is 4.74 Å². The number of hydrogen-bond acceptors (Lipinski definition) is 4. The van der Waals surface area contributed by atoms with Crippen LogP contribution in [-0.2, 0) is 13.1 Å². The Morgan fingerprint density at radius 2 is 1.72 bits per heavy atom. The second-order valence-electron chi connectivity index (χ2n) is 6.83. The number of ether oxygens (including phenoxy) is 2. The predicted octanol–water partition coefficient (Wildman–Crippen LogP) is 3.06. The van der Waals surface area contributed by atoms with Crippen molar-refractivity contribution in [1.82, 2.24) is 14.5 Å². The van der Waals surface area contributed by atoms with E-state index in [1.165, 1.54) is 21.3 Å². The number of alkyl halides is 3. The molecule has 8 nitrogen and oxygen atoms in total. The summed E-state index contributed by atoms with van der Waals surface area (Å²) in [6.07, 6.45) is -4.85. The first-order valence-corrected chi connectivity index (χ1v) is 9.61. The quantitative estimate of drug-likeness (QED) is 0.445. The van der Waals surface area contributed by atoms with Crippen molar-refractivity contribution < 1.29 is 27.2 Å². The summed E-state index contributed by atoms with van der Waals surface area (Å²) in [5.74, 6) is -0.411. The average Bonchev–Trinajstić information content (AvgIpc) is 3.06. The molecule has 0 fully saturated rings. The fourth-order valence-corrected chi connectivity index (χ4v) is 3.35. The van der Waals surface area contributed by atoms with E-state index >= 15 is 0 Å². The van der Waals surface area contributed by atoms with Crippen LogP contribution >= 0.6 is 0 Å². The first-order valence-electron chi connectivity index (χ1n) is 9.61. The van der Waals surface area contributed by atoms with Crippen molar-refractivity contribution in [3.05, 3.63) is 81.0 Å². The lowest BCUT2D eigenvalue weighted by Gasteiger charge is -2.09. The summed E-state index contributed by atoms with van der Waals surface area (Å²) in [6.45, 7) is 2.21.